The van der Waals surface area contributed by atoms with Gasteiger partial charge in [0.2, 0.25) is 0 Å². The van der Waals surface area contributed by atoms with Gasteiger partial charge in [-0.15, -0.1) is 0 Å². The minimum Gasteiger partial charge on any atom is -0.493 e. The van der Waals surface area contributed by atoms with E-state index in [1.807, 2.05) is 0 Å². The van der Waals surface area contributed by atoms with Crippen LogP contribution in [-0.4, -0.2) is 13.2 Å². The van der Waals surface area contributed by atoms with Gasteiger partial charge in [-0.2, -0.15) is 0 Å². The van der Waals surface area contributed by atoms with Crippen molar-refractivity contribution in [3.8, 4) is 11.5 Å². The summed E-state index contributed by atoms with van der Waals surface area (Å²) in [5, 5.41) is 7.40. The molecule has 0 aliphatic heterocycles. The number of rotatable bonds is 8. The number of hydrogen-bond acceptors (Lipinski definition) is 2. The fourth-order valence-corrected chi connectivity index (χ4v) is 4.74. The van der Waals surface area contributed by atoms with Crippen molar-refractivity contribution in [3.63, 3.8) is 0 Å². The van der Waals surface area contributed by atoms with Gasteiger partial charge in [0, 0.05) is 12.8 Å². The summed E-state index contributed by atoms with van der Waals surface area (Å²) in [6.45, 7) is 1.31. The first-order chi connectivity index (χ1) is 17.8. The van der Waals surface area contributed by atoms with Gasteiger partial charge in [-0.3, -0.25) is 0 Å². The Hall–Kier alpha value is -4.30. The number of fused-ring (bicyclic) bond motifs is 3. The Kier molecular flexibility index (Phi) is 6.24. The largest absolute Gasteiger partial charge is 0.493 e. The highest BCUT2D eigenvalue weighted by Gasteiger charge is 2.03. The average Bonchev–Trinajstić information content (AvgIpc) is 2.93. The molecule has 0 fully saturated rings. The van der Waals surface area contributed by atoms with Crippen LogP contribution < -0.4 is 9.47 Å². The summed E-state index contributed by atoms with van der Waals surface area (Å²) in [5.41, 5.74) is 2.57. The van der Waals surface area contributed by atoms with Crippen LogP contribution in [0.25, 0.3) is 32.3 Å². The Balaban J connectivity index is 1.07. The number of ether oxygens (including phenoxy) is 2. The predicted octanol–water partition coefficient (Wildman–Crippen LogP) is 8.39. The summed E-state index contributed by atoms with van der Waals surface area (Å²) in [7, 11) is 0. The Bertz CT molecular complexity index is 1530. The molecule has 0 heterocycles. The lowest BCUT2D eigenvalue weighted by Gasteiger charge is -2.10. The predicted molar refractivity (Wildman–Crippen MR) is 150 cm³/mol. The van der Waals surface area contributed by atoms with Crippen LogP contribution in [0.1, 0.15) is 11.1 Å². The molecule has 0 radical (unpaired) electrons. The standard InChI is InChI=1S/C34H28O2/c1-3-7-30-23-33(15-13-27(30)5-1)35-19-17-25-9-11-29-12-10-26(22-32(29)21-25)18-20-36-34-16-14-28-6-2-4-8-31(28)24-34/h1-16,21-24H,17-20H2. The van der Waals surface area contributed by atoms with E-state index in [9.17, 15) is 0 Å². The summed E-state index contributed by atoms with van der Waals surface area (Å²) < 4.78 is 12.1. The second-order valence-corrected chi connectivity index (χ2v) is 9.23. The van der Waals surface area contributed by atoms with Crippen LogP contribution in [0.4, 0.5) is 0 Å². The smallest absolute Gasteiger partial charge is 0.119 e. The molecule has 36 heavy (non-hydrogen) atoms. The summed E-state index contributed by atoms with van der Waals surface area (Å²) in [6.07, 6.45) is 1.75. The molecule has 0 aliphatic rings. The lowest BCUT2D eigenvalue weighted by Crippen LogP contribution is -2.02. The first-order valence-electron chi connectivity index (χ1n) is 12.5. The van der Waals surface area contributed by atoms with E-state index in [-0.39, 0.29) is 0 Å². The summed E-state index contributed by atoms with van der Waals surface area (Å²) in [5.74, 6) is 1.84. The van der Waals surface area contributed by atoms with Crippen molar-refractivity contribution in [2.75, 3.05) is 13.2 Å². The minimum atomic E-state index is 0.656. The molecule has 0 aromatic heterocycles. The van der Waals surface area contributed by atoms with Crippen LogP contribution >= 0.6 is 0 Å². The molecule has 0 amide bonds. The fraction of sp³-hybridized carbons (Fsp3) is 0.118. The van der Waals surface area contributed by atoms with Gasteiger partial charge >= 0.3 is 0 Å². The molecule has 0 saturated heterocycles. The Morgan fingerprint density at radius 2 is 0.778 bits per heavy atom. The molecule has 0 unspecified atom stereocenters. The van der Waals surface area contributed by atoms with Gasteiger partial charge in [0.15, 0.2) is 0 Å². The van der Waals surface area contributed by atoms with Crippen molar-refractivity contribution >= 4 is 32.3 Å². The lowest BCUT2D eigenvalue weighted by atomic mass is 10.0. The van der Waals surface area contributed by atoms with Crippen LogP contribution in [0.5, 0.6) is 11.5 Å². The molecule has 2 heteroatoms. The molecule has 0 N–H and O–H groups in total. The second-order valence-electron chi connectivity index (χ2n) is 9.23. The van der Waals surface area contributed by atoms with Crippen LogP contribution in [0.15, 0.2) is 121 Å². The zero-order chi connectivity index (χ0) is 24.2. The zero-order valence-corrected chi connectivity index (χ0v) is 20.2. The van der Waals surface area contributed by atoms with Crippen LogP contribution in [0.2, 0.25) is 0 Å². The maximum absolute atomic E-state index is 6.06. The van der Waals surface area contributed by atoms with Crippen LogP contribution in [-0.2, 0) is 12.8 Å². The van der Waals surface area contributed by atoms with Crippen molar-refractivity contribution in [2.24, 2.45) is 0 Å². The van der Waals surface area contributed by atoms with Gasteiger partial charge in [-0.1, -0.05) is 97.1 Å². The molecular formula is C34H28O2. The maximum atomic E-state index is 6.06. The highest BCUT2D eigenvalue weighted by Crippen LogP contribution is 2.23. The van der Waals surface area contributed by atoms with E-state index in [2.05, 4.69) is 121 Å². The second kappa shape index (κ2) is 10.1. The number of benzene rings is 6. The summed E-state index contributed by atoms with van der Waals surface area (Å²) in [4.78, 5) is 0. The Morgan fingerprint density at radius 1 is 0.361 bits per heavy atom. The van der Waals surface area contributed by atoms with Crippen molar-refractivity contribution in [3.05, 3.63) is 132 Å². The van der Waals surface area contributed by atoms with Gasteiger partial charge in [-0.25, -0.2) is 0 Å². The molecule has 6 aromatic rings. The van der Waals surface area contributed by atoms with Crippen LogP contribution in [0, 0.1) is 0 Å². The third-order valence-electron chi connectivity index (χ3n) is 6.73. The first kappa shape index (κ1) is 22.2. The zero-order valence-electron chi connectivity index (χ0n) is 20.2. The highest BCUT2D eigenvalue weighted by molar-refractivity contribution is 5.85. The molecule has 0 saturated carbocycles. The number of hydrogen-bond donors (Lipinski definition) is 0. The van der Waals surface area contributed by atoms with Crippen LogP contribution in [0.3, 0.4) is 0 Å². The fourth-order valence-electron chi connectivity index (χ4n) is 4.74. The van der Waals surface area contributed by atoms with Gasteiger partial charge in [0.05, 0.1) is 13.2 Å². The molecule has 0 bridgehead atoms. The van der Waals surface area contributed by atoms with Gasteiger partial charge < -0.3 is 9.47 Å². The van der Waals surface area contributed by atoms with Gasteiger partial charge in [-0.05, 0) is 67.7 Å². The lowest BCUT2D eigenvalue weighted by molar-refractivity contribution is 0.322. The topological polar surface area (TPSA) is 18.5 Å². The van der Waals surface area contributed by atoms with E-state index >= 15 is 0 Å². The first-order valence-corrected chi connectivity index (χ1v) is 12.5. The summed E-state index contributed by atoms with van der Waals surface area (Å²) >= 11 is 0. The third kappa shape index (κ3) is 5.04. The van der Waals surface area contributed by atoms with E-state index < -0.39 is 0 Å². The molecular weight excluding hydrogens is 440 g/mol. The van der Waals surface area contributed by atoms with E-state index in [1.54, 1.807) is 0 Å². The van der Waals surface area contributed by atoms with Gasteiger partial charge in [0.1, 0.15) is 11.5 Å². The molecule has 2 nitrogen and oxygen atoms in total. The van der Waals surface area contributed by atoms with Gasteiger partial charge in [0.25, 0.3) is 0 Å². The molecule has 176 valence electrons. The molecule has 6 rings (SSSR count). The normalized spacial score (nSPS) is 11.2. The maximum Gasteiger partial charge on any atom is 0.119 e. The Labute approximate surface area is 211 Å². The van der Waals surface area contributed by atoms with E-state index in [0.717, 1.165) is 24.3 Å². The molecule has 6 aromatic carbocycles. The van der Waals surface area contributed by atoms with Crippen molar-refractivity contribution < 1.29 is 9.47 Å². The monoisotopic (exact) mass is 468 g/mol. The molecule has 0 atom stereocenters. The minimum absolute atomic E-state index is 0.656. The molecule has 0 aliphatic carbocycles. The Morgan fingerprint density at radius 3 is 1.28 bits per heavy atom. The third-order valence-corrected chi connectivity index (χ3v) is 6.73. The quantitative estimate of drug-likeness (QED) is 0.223. The van der Waals surface area contributed by atoms with E-state index in [4.69, 9.17) is 9.47 Å². The van der Waals surface area contributed by atoms with Crippen molar-refractivity contribution in [2.45, 2.75) is 12.8 Å². The van der Waals surface area contributed by atoms with Crippen molar-refractivity contribution in [1.29, 1.82) is 0 Å². The molecule has 0 spiro atoms. The highest BCUT2D eigenvalue weighted by atomic mass is 16.5. The van der Waals surface area contributed by atoms with E-state index in [0.29, 0.717) is 13.2 Å². The van der Waals surface area contributed by atoms with Crippen molar-refractivity contribution in [1.82, 2.24) is 0 Å². The summed E-state index contributed by atoms with van der Waals surface area (Å²) in [6, 6.07) is 42.7. The average molecular weight is 469 g/mol. The van der Waals surface area contributed by atoms with E-state index in [1.165, 1.54) is 43.4 Å². The SMILES string of the molecule is c1ccc2cc(OCCc3ccc4ccc(CCOc5ccc6ccccc6c5)cc4c3)ccc2c1.